The zero-order chi connectivity index (χ0) is 21.7. The summed E-state index contributed by atoms with van der Waals surface area (Å²) in [5, 5.41) is 3.49. The number of amides is 1. The van der Waals surface area contributed by atoms with Gasteiger partial charge in [-0.25, -0.2) is 8.42 Å². The molecule has 0 saturated carbocycles. The molecule has 0 aliphatic rings. The molecule has 0 fully saturated rings. The summed E-state index contributed by atoms with van der Waals surface area (Å²) in [5.41, 5.74) is 2.57. The molecule has 5 nitrogen and oxygen atoms in total. The van der Waals surface area contributed by atoms with E-state index in [0.717, 1.165) is 12.0 Å². The zero-order valence-electron chi connectivity index (χ0n) is 16.7. The van der Waals surface area contributed by atoms with Gasteiger partial charge in [0.25, 0.3) is 15.9 Å². The van der Waals surface area contributed by atoms with E-state index in [1.807, 2.05) is 37.3 Å². The molecule has 0 saturated heterocycles. The Kier molecular flexibility index (Phi) is 6.80. The Morgan fingerprint density at radius 3 is 2.27 bits per heavy atom. The van der Waals surface area contributed by atoms with Gasteiger partial charge in [-0.15, -0.1) is 0 Å². The van der Waals surface area contributed by atoms with Crippen LogP contribution in [0.25, 0.3) is 0 Å². The minimum absolute atomic E-state index is 0.0953. The molecule has 1 atom stereocenters. The lowest BCUT2D eigenvalue weighted by Crippen LogP contribution is -2.28. The van der Waals surface area contributed by atoms with Gasteiger partial charge in [-0.2, -0.15) is 0 Å². The first-order chi connectivity index (χ1) is 14.3. The van der Waals surface area contributed by atoms with Crippen molar-refractivity contribution in [2.45, 2.75) is 31.2 Å². The molecule has 0 aliphatic carbocycles. The van der Waals surface area contributed by atoms with Gasteiger partial charge < -0.3 is 5.32 Å². The van der Waals surface area contributed by atoms with Crippen LogP contribution in [0, 0.1) is 6.92 Å². The third kappa shape index (κ3) is 5.20. The summed E-state index contributed by atoms with van der Waals surface area (Å²) < 4.78 is 27.7. The first kappa shape index (κ1) is 21.9. The van der Waals surface area contributed by atoms with Crippen molar-refractivity contribution in [1.29, 1.82) is 0 Å². The molecule has 0 aromatic heterocycles. The van der Waals surface area contributed by atoms with Crippen molar-refractivity contribution >= 4 is 33.2 Å². The van der Waals surface area contributed by atoms with Crippen LogP contribution in [0.15, 0.2) is 77.7 Å². The lowest BCUT2D eigenvalue weighted by atomic mass is 10.0. The van der Waals surface area contributed by atoms with Gasteiger partial charge in [-0.1, -0.05) is 48.9 Å². The van der Waals surface area contributed by atoms with Crippen molar-refractivity contribution < 1.29 is 13.2 Å². The predicted molar refractivity (Wildman–Crippen MR) is 120 cm³/mol. The monoisotopic (exact) mass is 442 g/mol. The molecule has 156 valence electrons. The maximum atomic E-state index is 12.7. The van der Waals surface area contributed by atoms with Crippen molar-refractivity contribution in [2.75, 3.05) is 4.72 Å². The number of benzene rings is 3. The Morgan fingerprint density at radius 1 is 1.00 bits per heavy atom. The van der Waals surface area contributed by atoms with E-state index >= 15 is 0 Å². The second kappa shape index (κ2) is 9.32. The summed E-state index contributed by atoms with van der Waals surface area (Å²) in [4.78, 5) is 12.8. The highest BCUT2D eigenvalue weighted by molar-refractivity contribution is 7.92. The van der Waals surface area contributed by atoms with Gasteiger partial charge in [0, 0.05) is 10.6 Å². The van der Waals surface area contributed by atoms with Crippen LogP contribution in [-0.2, 0) is 10.0 Å². The molecular formula is C23H23ClN2O3S. The molecule has 0 bridgehead atoms. The first-order valence-electron chi connectivity index (χ1n) is 9.55. The lowest BCUT2D eigenvalue weighted by Gasteiger charge is -2.18. The van der Waals surface area contributed by atoms with Gasteiger partial charge >= 0.3 is 0 Å². The van der Waals surface area contributed by atoms with Crippen LogP contribution < -0.4 is 10.0 Å². The average molecular weight is 443 g/mol. The molecule has 0 unspecified atom stereocenters. The molecule has 7 heteroatoms. The smallest absolute Gasteiger partial charge is 0.261 e. The van der Waals surface area contributed by atoms with Gasteiger partial charge in [-0.3, -0.25) is 9.52 Å². The molecule has 0 radical (unpaired) electrons. The maximum Gasteiger partial charge on any atom is 0.261 e. The SMILES string of the molecule is CC[C@H](NC(=O)c1ccc(NS(=O)(=O)c2ccc(Cl)cc2)c(C)c1)c1ccccc1. The third-order valence-corrected chi connectivity index (χ3v) is 6.41. The summed E-state index contributed by atoms with van der Waals surface area (Å²) in [7, 11) is -3.75. The van der Waals surface area contributed by atoms with Gasteiger partial charge in [0.2, 0.25) is 0 Å². The van der Waals surface area contributed by atoms with Crippen LogP contribution >= 0.6 is 11.6 Å². The number of aryl methyl sites for hydroxylation is 1. The quantitative estimate of drug-likeness (QED) is 0.519. The fourth-order valence-corrected chi connectivity index (χ4v) is 4.34. The highest BCUT2D eigenvalue weighted by atomic mass is 35.5. The van der Waals surface area contributed by atoms with Crippen molar-refractivity contribution in [1.82, 2.24) is 5.32 Å². The second-order valence-corrected chi connectivity index (χ2v) is 9.05. The number of carbonyl (C=O) groups is 1. The molecule has 1 amide bonds. The van der Waals surface area contributed by atoms with Crippen LogP contribution in [0.5, 0.6) is 0 Å². The van der Waals surface area contributed by atoms with E-state index in [1.54, 1.807) is 25.1 Å². The summed E-state index contributed by atoms with van der Waals surface area (Å²) in [6, 6.07) is 20.5. The Labute approximate surface area is 182 Å². The Morgan fingerprint density at radius 2 is 1.67 bits per heavy atom. The van der Waals surface area contributed by atoms with Crippen LogP contribution in [-0.4, -0.2) is 14.3 Å². The topological polar surface area (TPSA) is 75.3 Å². The first-order valence-corrected chi connectivity index (χ1v) is 11.4. The Bertz CT molecular complexity index is 1130. The van der Waals surface area contributed by atoms with Gasteiger partial charge in [-0.05, 0) is 66.9 Å². The number of carbonyl (C=O) groups excluding carboxylic acids is 1. The van der Waals surface area contributed by atoms with E-state index in [1.165, 1.54) is 24.3 Å². The van der Waals surface area contributed by atoms with Crippen molar-refractivity contribution in [2.24, 2.45) is 0 Å². The van der Waals surface area contributed by atoms with Crippen LogP contribution in [0.4, 0.5) is 5.69 Å². The van der Waals surface area contributed by atoms with Gasteiger partial charge in [0.05, 0.1) is 16.6 Å². The Balaban J connectivity index is 1.76. The summed E-state index contributed by atoms with van der Waals surface area (Å²) in [5.74, 6) is -0.207. The number of hydrogen-bond donors (Lipinski definition) is 2. The van der Waals surface area contributed by atoms with Crippen molar-refractivity contribution in [3.63, 3.8) is 0 Å². The lowest BCUT2D eigenvalue weighted by molar-refractivity contribution is 0.0935. The van der Waals surface area contributed by atoms with E-state index in [4.69, 9.17) is 11.6 Å². The minimum Gasteiger partial charge on any atom is -0.345 e. The summed E-state index contributed by atoms with van der Waals surface area (Å²) in [6.07, 6.45) is 0.758. The molecule has 3 rings (SSSR count). The van der Waals surface area contributed by atoms with Crippen LogP contribution in [0.3, 0.4) is 0 Å². The van der Waals surface area contributed by atoms with Gasteiger partial charge in [0.1, 0.15) is 0 Å². The average Bonchev–Trinajstić information content (AvgIpc) is 2.74. The molecule has 3 aromatic carbocycles. The number of sulfonamides is 1. The fraction of sp³-hybridized carbons (Fsp3) is 0.174. The number of anilines is 1. The highest BCUT2D eigenvalue weighted by Crippen LogP contribution is 2.23. The van der Waals surface area contributed by atoms with E-state index in [0.29, 0.717) is 21.8 Å². The molecule has 0 aliphatic heterocycles. The predicted octanol–water partition coefficient (Wildman–Crippen LogP) is 5.33. The third-order valence-electron chi connectivity index (χ3n) is 4.77. The van der Waals surface area contributed by atoms with Crippen LogP contribution in [0.1, 0.15) is 40.9 Å². The van der Waals surface area contributed by atoms with Gasteiger partial charge in [0.15, 0.2) is 0 Å². The van der Waals surface area contributed by atoms with E-state index in [2.05, 4.69) is 10.0 Å². The molecule has 0 heterocycles. The summed E-state index contributed by atoms with van der Waals surface area (Å²) >= 11 is 5.83. The normalized spacial score (nSPS) is 12.2. The molecule has 30 heavy (non-hydrogen) atoms. The molecule has 3 aromatic rings. The number of halogens is 1. The van der Waals surface area contributed by atoms with Crippen LogP contribution in [0.2, 0.25) is 5.02 Å². The largest absolute Gasteiger partial charge is 0.345 e. The maximum absolute atomic E-state index is 12.7. The van der Waals surface area contributed by atoms with Crippen molar-refractivity contribution in [3.05, 3.63) is 94.5 Å². The molecular weight excluding hydrogens is 420 g/mol. The fourth-order valence-electron chi connectivity index (χ4n) is 3.08. The standard InChI is InChI=1S/C23H23ClN2O3S/c1-3-21(17-7-5-4-6-8-17)25-23(27)18-9-14-22(16(2)15-18)26-30(28,29)20-12-10-19(24)11-13-20/h4-15,21,26H,3H2,1-2H3,(H,25,27)/t21-/m0/s1. The number of rotatable bonds is 7. The van der Waals surface area contributed by atoms with E-state index in [9.17, 15) is 13.2 Å². The number of nitrogens with one attached hydrogen (secondary N) is 2. The van der Waals surface area contributed by atoms with Crippen molar-refractivity contribution in [3.8, 4) is 0 Å². The highest BCUT2D eigenvalue weighted by Gasteiger charge is 2.18. The van der Waals surface area contributed by atoms with E-state index in [-0.39, 0.29) is 16.8 Å². The summed E-state index contributed by atoms with van der Waals surface area (Å²) in [6.45, 7) is 3.77. The number of hydrogen-bond acceptors (Lipinski definition) is 3. The van der Waals surface area contributed by atoms with E-state index < -0.39 is 10.0 Å². The molecule has 0 spiro atoms. The second-order valence-electron chi connectivity index (χ2n) is 6.93. The zero-order valence-corrected chi connectivity index (χ0v) is 18.3. The minimum atomic E-state index is -3.75. The molecule has 2 N–H and O–H groups in total. The Hall–Kier alpha value is -2.83.